The Morgan fingerprint density at radius 1 is 1.04 bits per heavy atom. The molecule has 142 valence electrons. The summed E-state index contributed by atoms with van der Waals surface area (Å²) < 4.78 is 8.04. The Morgan fingerprint density at radius 2 is 1.78 bits per heavy atom. The first-order valence-corrected chi connectivity index (χ1v) is 9.80. The van der Waals surface area contributed by atoms with Crippen LogP contribution in [0.4, 0.5) is 0 Å². The van der Waals surface area contributed by atoms with E-state index in [1.807, 2.05) is 12.1 Å². The summed E-state index contributed by atoms with van der Waals surface area (Å²) in [5.41, 5.74) is 4.67. The minimum Gasteiger partial charge on any atom is -0.390 e. The lowest BCUT2D eigenvalue weighted by Crippen LogP contribution is -2.39. The fourth-order valence-corrected chi connectivity index (χ4v) is 3.99. The summed E-state index contributed by atoms with van der Waals surface area (Å²) in [6, 6.07) is 17.0. The van der Waals surface area contributed by atoms with Gasteiger partial charge in [0, 0.05) is 29.2 Å². The van der Waals surface area contributed by atoms with Crippen molar-refractivity contribution in [1.82, 2.24) is 4.57 Å². The molecule has 3 atom stereocenters. The average molecular weight is 365 g/mol. The van der Waals surface area contributed by atoms with Crippen molar-refractivity contribution in [2.45, 2.75) is 51.0 Å². The third-order valence-corrected chi connectivity index (χ3v) is 5.46. The van der Waals surface area contributed by atoms with E-state index < -0.39 is 18.3 Å². The van der Waals surface area contributed by atoms with E-state index >= 15 is 0 Å². The van der Waals surface area contributed by atoms with Gasteiger partial charge in [-0.2, -0.15) is 0 Å². The lowest BCUT2D eigenvalue weighted by atomic mass is 9.96. The molecule has 1 aromatic heterocycles. The van der Waals surface area contributed by atoms with Crippen LogP contribution in [0, 0.1) is 0 Å². The fourth-order valence-electron chi connectivity index (χ4n) is 3.99. The van der Waals surface area contributed by atoms with Crippen LogP contribution in [-0.2, 0) is 17.7 Å². The van der Waals surface area contributed by atoms with Gasteiger partial charge in [-0.25, -0.2) is 0 Å². The van der Waals surface area contributed by atoms with Crippen LogP contribution in [-0.4, -0.2) is 33.6 Å². The molecule has 1 aliphatic heterocycles. The molecule has 27 heavy (non-hydrogen) atoms. The summed E-state index contributed by atoms with van der Waals surface area (Å²) in [6.45, 7) is 3.42. The molecule has 3 aromatic rings. The van der Waals surface area contributed by atoms with Crippen LogP contribution in [0.5, 0.6) is 0 Å². The molecule has 2 aromatic carbocycles. The first-order chi connectivity index (χ1) is 13.2. The highest BCUT2D eigenvalue weighted by atomic mass is 16.5. The number of nitrogens with zero attached hydrogens (tertiary/aromatic N) is 1. The second-order valence-electron chi connectivity index (χ2n) is 7.43. The van der Waals surface area contributed by atoms with E-state index in [0.29, 0.717) is 13.0 Å². The fraction of sp³-hybridized carbons (Fsp3) is 0.391. The van der Waals surface area contributed by atoms with Crippen LogP contribution < -0.4 is 0 Å². The normalized spacial score (nSPS) is 23.0. The van der Waals surface area contributed by atoms with Crippen LogP contribution in [0.15, 0.2) is 54.7 Å². The Hall–Kier alpha value is -2.14. The number of hydrogen-bond donors (Lipinski definition) is 2. The van der Waals surface area contributed by atoms with Gasteiger partial charge >= 0.3 is 0 Å². The van der Waals surface area contributed by atoms with E-state index in [4.69, 9.17) is 4.74 Å². The lowest BCUT2D eigenvalue weighted by Gasteiger charge is -2.31. The molecule has 1 fully saturated rings. The highest BCUT2D eigenvalue weighted by Gasteiger charge is 2.34. The monoisotopic (exact) mass is 365 g/mol. The van der Waals surface area contributed by atoms with Crippen LogP contribution in [0.3, 0.4) is 0 Å². The predicted octanol–water partition coefficient (Wildman–Crippen LogP) is 3.83. The number of rotatable bonds is 5. The number of aromatic nitrogens is 1. The minimum absolute atomic E-state index is 0.460. The van der Waals surface area contributed by atoms with Crippen molar-refractivity contribution in [3.63, 3.8) is 0 Å². The van der Waals surface area contributed by atoms with Crippen LogP contribution in [0.25, 0.3) is 10.9 Å². The van der Waals surface area contributed by atoms with E-state index in [1.54, 1.807) is 0 Å². The second kappa shape index (κ2) is 7.85. The maximum Gasteiger partial charge on any atom is 0.113 e. The van der Waals surface area contributed by atoms with E-state index in [1.165, 1.54) is 11.1 Å². The number of fused-ring (bicyclic) bond motifs is 1. The number of ether oxygens (including phenoxy) is 1. The van der Waals surface area contributed by atoms with Gasteiger partial charge in [0.25, 0.3) is 0 Å². The molecule has 0 unspecified atom stereocenters. The highest BCUT2D eigenvalue weighted by molar-refractivity contribution is 5.84. The topological polar surface area (TPSA) is 54.6 Å². The average Bonchev–Trinajstić information content (AvgIpc) is 3.04. The van der Waals surface area contributed by atoms with Crippen LogP contribution in [0.2, 0.25) is 0 Å². The standard InChI is InChI=1S/C23H27NO3/c1-2-5-16-8-10-17(11-9-16)14-24-15-19(18-6-3-4-7-20(18)24)23-22(26)21(25)12-13-27-23/h3-4,6-11,15,21-23,25-26H,2,5,12-14H2,1H3/t21-,22+,23-/m0/s1. The van der Waals surface area contributed by atoms with Crippen LogP contribution in [0.1, 0.15) is 42.6 Å². The van der Waals surface area contributed by atoms with Gasteiger partial charge in [0.1, 0.15) is 12.2 Å². The van der Waals surface area contributed by atoms with Crippen molar-refractivity contribution in [2.24, 2.45) is 0 Å². The molecule has 2 N–H and O–H groups in total. The molecule has 4 nitrogen and oxygen atoms in total. The van der Waals surface area contributed by atoms with E-state index in [-0.39, 0.29) is 0 Å². The molecular weight excluding hydrogens is 338 g/mol. The Morgan fingerprint density at radius 3 is 2.56 bits per heavy atom. The molecular formula is C23H27NO3. The molecule has 4 heteroatoms. The minimum atomic E-state index is -0.897. The number of aryl methyl sites for hydroxylation is 1. The molecule has 0 bridgehead atoms. The Bertz CT molecular complexity index is 900. The SMILES string of the molecule is CCCc1ccc(Cn2cc([C@@H]3OCC[C@H](O)[C@H]3O)c3ccccc32)cc1. The maximum absolute atomic E-state index is 10.4. The summed E-state index contributed by atoms with van der Waals surface area (Å²) in [6.07, 6.45) is 2.67. The molecule has 1 aliphatic rings. The van der Waals surface area contributed by atoms with Gasteiger partial charge in [0.15, 0.2) is 0 Å². The number of aliphatic hydroxyl groups is 2. The van der Waals surface area contributed by atoms with Gasteiger partial charge in [-0.3, -0.25) is 0 Å². The molecule has 0 saturated carbocycles. The van der Waals surface area contributed by atoms with Crippen molar-refractivity contribution in [1.29, 1.82) is 0 Å². The highest BCUT2D eigenvalue weighted by Crippen LogP contribution is 2.35. The van der Waals surface area contributed by atoms with Gasteiger partial charge in [-0.15, -0.1) is 0 Å². The maximum atomic E-state index is 10.4. The molecule has 1 saturated heterocycles. The van der Waals surface area contributed by atoms with Crippen molar-refractivity contribution in [3.05, 3.63) is 71.4 Å². The first-order valence-electron chi connectivity index (χ1n) is 9.80. The summed E-state index contributed by atoms with van der Waals surface area (Å²) in [5, 5.41) is 21.6. The summed E-state index contributed by atoms with van der Waals surface area (Å²) >= 11 is 0. The van der Waals surface area contributed by atoms with Crippen LogP contribution >= 0.6 is 0 Å². The summed E-state index contributed by atoms with van der Waals surface area (Å²) in [7, 11) is 0. The van der Waals surface area contributed by atoms with Crippen molar-refractivity contribution in [2.75, 3.05) is 6.61 Å². The van der Waals surface area contributed by atoms with Crippen molar-refractivity contribution >= 4 is 10.9 Å². The van der Waals surface area contributed by atoms with Crippen molar-refractivity contribution < 1.29 is 14.9 Å². The molecule has 0 aliphatic carbocycles. The largest absolute Gasteiger partial charge is 0.390 e. The third kappa shape index (κ3) is 3.65. The zero-order valence-electron chi connectivity index (χ0n) is 15.7. The number of benzene rings is 2. The van der Waals surface area contributed by atoms with Gasteiger partial charge < -0.3 is 19.5 Å². The van der Waals surface area contributed by atoms with Gasteiger partial charge in [-0.05, 0) is 30.0 Å². The quantitative estimate of drug-likeness (QED) is 0.723. The Labute approximate surface area is 160 Å². The molecule has 0 spiro atoms. The zero-order valence-corrected chi connectivity index (χ0v) is 15.7. The van der Waals surface area contributed by atoms with E-state index in [2.05, 4.69) is 54.1 Å². The van der Waals surface area contributed by atoms with E-state index in [9.17, 15) is 10.2 Å². The first kappa shape index (κ1) is 18.2. The van der Waals surface area contributed by atoms with Gasteiger partial charge in [-0.1, -0.05) is 55.8 Å². The van der Waals surface area contributed by atoms with Gasteiger partial charge in [0.2, 0.25) is 0 Å². The Balaban J connectivity index is 1.67. The van der Waals surface area contributed by atoms with Crippen molar-refractivity contribution in [3.8, 4) is 0 Å². The molecule has 0 amide bonds. The Kier molecular flexibility index (Phi) is 5.30. The smallest absolute Gasteiger partial charge is 0.113 e. The lowest BCUT2D eigenvalue weighted by molar-refractivity contribution is -0.136. The number of para-hydroxylation sites is 1. The second-order valence-corrected chi connectivity index (χ2v) is 7.43. The molecule has 2 heterocycles. The zero-order chi connectivity index (χ0) is 18.8. The third-order valence-electron chi connectivity index (χ3n) is 5.46. The van der Waals surface area contributed by atoms with E-state index in [0.717, 1.165) is 35.9 Å². The van der Waals surface area contributed by atoms with Gasteiger partial charge in [0.05, 0.1) is 12.7 Å². The number of hydrogen-bond acceptors (Lipinski definition) is 3. The molecule has 4 rings (SSSR count). The summed E-state index contributed by atoms with van der Waals surface area (Å²) in [4.78, 5) is 0. The number of aliphatic hydroxyl groups excluding tert-OH is 2. The predicted molar refractivity (Wildman–Crippen MR) is 107 cm³/mol. The molecule has 0 radical (unpaired) electrons. The summed E-state index contributed by atoms with van der Waals surface area (Å²) in [5.74, 6) is 0.